The van der Waals surface area contributed by atoms with Crippen LogP contribution in [-0.2, 0) is 0 Å². The van der Waals surface area contributed by atoms with Crippen LogP contribution in [0.1, 0.15) is 17.5 Å². The van der Waals surface area contributed by atoms with Gasteiger partial charge in [0.2, 0.25) is 0 Å². The van der Waals surface area contributed by atoms with Crippen LogP contribution in [0.25, 0.3) is 0 Å². The quantitative estimate of drug-likeness (QED) is 0.938. The highest BCUT2D eigenvalue weighted by molar-refractivity contribution is 6.02. The molecule has 1 saturated heterocycles. The standard InChI is InChI=1S/C15H16N4O3/c1-2-18-7-8-19(15(18)21)13-6-5-11(10-16-13)17-14(20)12-4-3-9-22-12/h3-6,9-10H,2,7-8H2,1H3,(H,17,20). The molecule has 114 valence electrons. The Hall–Kier alpha value is -2.83. The van der Waals surface area contributed by atoms with Crippen molar-refractivity contribution in [2.75, 3.05) is 29.9 Å². The van der Waals surface area contributed by atoms with E-state index in [9.17, 15) is 9.59 Å². The maximum atomic E-state index is 12.1. The van der Waals surface area contributed by atoms with E-state index in [0.717, 1.165) is 0 Å². The molecule has 0 radical (unpaired) electrons. The number of rotatable bonds is 4. The first-order valence-electron chi connectivity index (χ1n) is 7.06. The first-order valence-corrected chi connectivity index (χ1v) is 7.06. The second kappa shape index (κ2) is 5.88. The average molecular weight is 300 g/mol. The van der Waals surface area contributed by atoms with Gasteiger partial charge in [-0.05, 0) is 31.2 Å². The van der Waals surface area contributed by atoms with Gasteiger partial charge < -0.3 is 14.6 Å². The van der Waals surface area contributed by atoms with Crippen LogP contribution in [0, 0.1) is 0 Å². The number of carbonyl (C=O) groups is 2. The van der Waals surface area contributed by atoms with Crippen LogP contribution >= 0.6 is 0 Å². The SMILES string of the molecule is CCN1CCN(c2ccc(NC(=O)c3ccco3)cn2)C1=O. The fourth-order valence-corrected chi connectivity index (χ4v) is 2.31. The summed E-state index contributed by atoms with van der Waals surface area (Å²) in [5.41, 5.74) is 0.546. The molecule has 1 N–H and O–H groups in total. The Bertz CT molecular complexity index is 667. The molecule has 7 nitrogen and oxygen atoms in total. The third-order valence-electron chi connectivity index (χ3n) is 3.50. The van der Waals surface area contributed by atoms with Crippen LogP contribution in [-0.4, -0.2) is 41.5 Å². The van der Waals surface area contributed by atoms with Gasteiger partial charge in [0.15, 0.2) is 5.76 Å². The number of anilines is 2. The molecule has 3 amide bonds. The highest BCUT2D eigenvalue weighted by Crippen LogP contribution is 2.19. The number of carbonyl (C=O) groups excluding carboxylic acids is 2. The lowest BCUT2D eigenvalue weighted by Crippen LogP contribution is -2.32. The molecule has 0 spiro atoms. The Morgan fingerprint density at radius 3 is 2.82 bits per heavy atom. The largest absolute Gasteiger partial charge is 0.459 e. The second-order valence-corrected chi connectivity index (χ2v) is 4.85. The average Bonchev–Trinajstić information content (AvgIpc) is 3.18. The monoisotopic (exact) mass is 300 g/mol. The van der Waals surface area contributed by atoms with Gasteiger partial charge in [-0.25, -0.2) is 9.78 Å². The van der Waals surface area contributed by atoms with Gasteiger partial charge in [0.05, 0.1) is 18.1 Å². The summed E-state index contributed by atoms with van der Waals surface area (Å²) in [7, 11) is 0. The van der Waals surface area contributed by atoms with Crippen molar-refractivity contribution in [1.29, 1.82) is 0 Å². The van der Waals surface area contributed by atoms with Crippen LogP contribution in [0.4, 0.5) is 16.3 Å². The normalized spacial score (nSPS) is 14.5. The third-order valence-corrected chi connectivity index (χ3v) is 3.50. The number of likely N-dealkylation sites (N-methyl/N-ethyl adjacent to an activating group) is 1. The Morgan fingerprint density at radius 1 is 1.36 bits per heavy atom. The number of urea groups is 1. The van der Waals surface area contributed by atoms with Crippen molar-refractivity contribution >= 4 is 23.4 Å². The van der Waals surface area contributed by atoms with Crippen LogP contribution < -0.4 is 10.2 Å². The topological polar surface area (TPSA) is 78.7 Å². The number of aromatic nitrogens is 1. The minimum Gasteiger partial charge on any atom is -0.459 e. The molecular weight excluding hydrogens is 284 g/mol. The molecule has 22 heavy (non-hydrogen) atoms. The van der Waals surface area contributed by atoms with E-state index in [1.165, 1.54) is 12.5 Å². The molecule has 1 aliphatic rings. The molecule has 0 aliphatic carbocycles. The van der Waals surface area contributed by atoms with Crippen molar-refractivity contribution in [3.63, 3.8) is 0 Å². The number of pyridine rings is 1. The van der Waals surface area contributed by atoms with Gasteiger partial charge in [-0.2, -0.15) is 0 Å². The molecule has 1 fully saturated rings. The Balaban J connectivity index is 1.68. The molecule has 0 saturated carbocycles. The lowest BCUT2D eigenvalue weighted by molar-refractivity contribution is 0.0996. The zero-order valence-electron chi connectivity index (χ0n) is 12.2. The Morgan fingerprint density at radius 2 is 2.23 bits per heavy atom. The van der Waals surface area contributed by atoms with Crippen molar-refractivity contribution in [3.05, 3.63) is 42.5 Å². The van der Waals surface area contributed by atoms with E-state index in [4.69, 9.17) is 4.42 Å². The van der Waals surface area contributed by atoms with Gasteiger partial charge in [-0.1, -0.05) is 0 Å². The molecular formula is C15H16N4O3. The zero-order chi connectivity index (χ0) is 15.5. The highest BCUT2D eigenvalue weighted by Gasteiger charge is 2.28. The van der Waals surface area contributed by atoms with Crippen molar-refractivity contribution in [2.24, 2.45) is 0 Å². The smallest absolute Gasteiger partial charge is 0.325 e. The molecule has 0 aromatic carbocycles. The number of hydrogen-bond acceptors (Lipinski definition) is 4. The summed E-state index contributed by atoms with van der Waals surface area (Å²) in [6.07, 6.45) is 2.97. The fraction of sp³-hybridized carbons (Fsp3) is 0.267. The van der Waals surface area contributed by atoms with Crippen molar-refractivity contribution in [3.8, 4) is 0 Å². The van der Waals surface area contributed by atoms with E-state index in [2.05, 4.69) is 10.3 Å². The summed E-state index contributed by atoms with van der Waals surface area (Å²) >= 11 is 0. The fourth-order valence-electron chi connectivity index (χ4n) is 2.31. The first-order chi connectivity index (χ1) is 10.7. The molecule has 7 heteroatoms. The van der Waals surface area contributed by atoms with Gasteiger partial charge in [0, 0.05) is 19.6 Å². The molecule has 2 aromatic rings. The van der Waals surface area contributed by atoms with Crippen molar-refractivity contribution < 1.29 is 14.0 Å². The summed E-state index contributed by atoms with van der Waals surface area (Å²) in [6, 6.07) is 6.62. The van der Waals surface area contributed by atoms with E-state index in [0.29, 0.717) is 31.1 Å². The number of nitrogens with one attached hydrogen (secondary N) is 1. The van der Waals surface area contributed by atoms with E-state index in [-0.39, 0.29) is 17.7 Å². The minimum absolute atomic E-state index is 0.0395. The van der Waals surface area contributed by atoms with Gasteiger partial charge >= 0.3 is 6.03 Å². The Kier molecular flexibility index (Phi) is 3.78. The van der Waals surface area contributed by atoms with Crippen molar-refractivity contribution in [2.45, 2.75) is 6.92 Å². The molecule has 0 atom stereocenters. The maximum absolute atomic E-state index is 12.1. The van der Waals surface area contributed by atoms with Crippen LogP contribution in [0.5, 0.6) is 0 Å². The summed E-state index contributed by atoms with van der Waals surface area (Å²) in [5.74, 6) is 0.475. The molecule has 2 aromatic heterocycles. The first kappa shape index (κ1) is 14.1. The van der Waals surface area contributed by atoms with Crippen LogP contribution in [0.2, 0.25) is 0 Å². The molecule has 0 bridgehead atoms. The number of nitrogens with zero attached hydrogens (tertiary/aromatic N) is 3. The number of hydrogen-bond donors (Lipinski definition) is 1. The van der Waals surface area contributed by atoms with E-state index < -0.39 is 0 Å². The highest BCUT2D eigenvalue weighted by atomic mass is 16.3. The van der Waals surface area contributed by atoms with Crippen LogP contribution in [0.15, 0.2) is 41.1 Å². The molecule has 1 aliphatic heterocycles. The number of amides is 3. The third kappa shape index (κ3) is 2.65. The maximum Gasteiger partial charge on any atom is 0.325 e. The summed E-state index contributed by atoms with van der Waals surface area (Å²) < 4.78 is 5.02. The predicted molar refractivity (Wildman–Crippen MR) is 80.9 cm³/mol. The Labute approximate surface area is 127 Å². The van der Waals surface area contributed by atoms with E-state index in [1.807, 2.05) is 6.92 Å². The van der Waals surface area contributed by atoms with Crippen LogP contribution in [0.3, 0.4) is 0 Å². The van der Waals surface area contributed by atoms with Gasteiger partial charge in [0.25, 0.3) is 5.91 Å². The van der Waals surface area contributed by atoms with Crippen molar-refractivity contribution in [1.82, 2.24) is 9.88 Å². The van der Waals surface area contributed by atoms with E-state index >= 15 is 0 Å². The summed E-state index contributed by atoms with van der Waals surface area (Å²) in [5, 5.41) is 2.68. The lowest BCUT2D eigenvalue weighted by Gasteiger charge is -2.16. The molecule has 3 heterocycles. The van der Waals surface area contributed by atoms with Gasteiger partial charge in [-0.15, -0.1) is 0 Å². The molecule has 3 rings (SSSR count). The summed E-state index contributed by atoms with van der Waals surface area (Å²) in [6.45, 7) is 3.96. The summed E-state index contributed by atoms with van der Waals surface area (Å²) in [4.78, 5) is 31.6. The predicted octanol–water partition coefficient (Wildman–Crippen LogP) is 2.19. The van der Waals surface area contributed by atoms with Gasteiger partial charge in [0.1, 0.15) is 5.82 Å². The van der Waals surface area contributed by atoms with E-state index in [1.54, 1.807) is 34.1 Å². The van der Waals surface area contributed by atoms with Gasteiger partial charge in [-0.3, -0.25) is 9.69 Å². The molecule has 0 unspecified atom stereocenters. The lowest BCUT2D eigenvalue weighted by atomic mass is 10.3. The second-order valence-electron chi connectivity index (χ2n) is 4.85. The number of furan rings is 1. The minimum atomic E-state index is -0.339. The zero-order valence-corrected chi connectivity index (χ0v) is 12.2.